The van der Waals surface area contributed by atoms with Gasteiger partial charge in [0.1, 0.15) is 5.75 Å². The smallest absolute Gasteiger partial charge is 0.166 e. The fraction of sp³-hybridized carbons (Fsp3) is 0.562. The van der Waals surface area contributed by atoms with Gasteiger partial charge in [-0.05, 0) is 43.5 Å². The van der Waals surface area contributed by atoms with Crippen LogP contribution in [-0.2, 0) is 0 Å². The number of ether oxygens (including phenoxy) is 1. The monoisotopic (exact) mass is 297 g/mol. The molecule has 2 N–H and O–H groups in total. The first-order chi connectivity index (χ1) is 9.62. The fourth-order valence-corrected chi connectivity index (χ4v) is 2.62. The topological polar surface area (TPSA) is 52.3 Å². The van der Waals surface area contributed by atoms with Gasteiger partial charge in [0.2, 0.25) is 0 Å². The highest BCUT2D eigenvalue weighted by molar-refractivity contribution is 6.31. The lowest BCUT2D eigenvalue weighted by Gasteiger charge is -2.15. The van der Waals surface area contributed by atoms with Crippen LogP contribution in [-0.4, -0.2) is 19.4 Å². The summed E-state index contributed by atoms with van der Waals surface area (Å²) in [5.41, 5.74) is 6.19. The van der Waals surface area contributed by atoms with Crippen LogP contribution < -0.4 is 10.5 Å². The van der Waals surface area contributed by atoms with Crippen LogP contribution in [0.15, 0.2) is 18.2 Å². The molecule has 0 aliphatic heterocycles. The lowest BCUT2D eigenvalue weighted by molar-refractivity contribution is 0.0969. The Balaban J connectivity index is 2.68. The second-order valence-corrected chi connectivity index (χ2v) is 5.47. The molecule has 0 aromatic heterocycles. The molecule has 1 aromatic carbocycles. The van der Waals surface area contributed by atoms with Gasteiger partial charge in [-0.3, -0.25) is 4.79 Å². The van der Waals surface area contributed by atoms with Gasteiger partial charge in [-0.15, -0.1) is 0 Å². The summed E-state index contributed by atoms with van der Waals surface area (Å²) in [6.07, 6.45) is 4.62. The van der Waals surface area contributed by atoms with Crippen molar-refractivity contribution in [3.05, 3.63) is 28.8 Å². The van der Waals surface area contributed by atoms with E-state index in [2.05, 4.69) is 6.92 Å². The van der Waals surface area contributed by atoms with Crippen LogP contribution in [0.5, 0.6) is 5.75 Å². The van der Waals surface area contributed by atoms with Crippen molar-refractivity contribution >= 4 is 17.4 Å². The van der Waals surface area contributed by atoms with Gasteiger partial charge in [-0.25, -0.2) is 0 Å². The maximum atomic E-state index is 12.3. The van der Waals surface area contributed by atoms with Crippen molar-refractivity contribution in [3.63, 3.8) is 0 Å². The molecular formula is C16H24ClNO2. The van der Waals surface area contributed by atoms with Crippen LogP contribution in [0.3, 0.4) is 0 Å². The molecular weight excluding hydrogens is 274 g/mol. The van der Waals surface area contributed by atoms with E-state index >= 15 is 0 Å². The molecule has 0 spiro atoms. The summed E-state index contributed by atoms with van der Waals surface area (Å²) < 4.78 is 5.22. The number of ketones is 1. The van der Waals surface area contributed by atoms with E-state index in [1.807, 2.05) is 0 Å². The summed E-state index contributed by atoms with van der Waals surface area (Å²) in [6.45, 7) is 2.84. The molecule has 0 radical (unpaired) electrons. The Labute approximate surface area is 126 Å². The third-order valence-electron chi connectivity index (χ3n) is 3.51. The normalized spacial score (nSPS) is 12.2. The predicted molar refractivity (Wildman–Crippen MR) is 83.6 cm³/mol. The summed E-state index contributed by atoms with van der Waals surface area (Å²) in [4.78, 5) is 12.3. The van der Waals surface area contributed by atoms with Crippen LogP contribution in [0.4, 0.5) is 0 Å². The first kappa shape index (κ1) is 17.0. The number of carbonyl (C=O) groups excluding carboxylic acids is 1. The van der Waals surface area contributed by atoms with Gasteiger partial charge in [-0.1, -0.05) is 31.4 Å². The van der Waals surface area contributed by atoms with Crippen molar-refractivity contribution in [2.75, 3.05) is 13.7 Å². The van der Waals surface area contributed by atoms with Crippen molar-refractivity contribution < 1.29 is 9.53 Å². The molecule has 112 valence electrons. The number of Topliss-reactive ketones (excluding diaryl/α,β-unsaturated/α-hetero) is 1. The van der Waals surface area contributed by atoms with Crippen LogP contribution in [0.2, 0.25) is 5.02 Å². The molecule has 1 atom stereocenters. The number of rotatable bonds is 9. The van der Waals surface area contributed by atoms with Crippen LogP contribution in [0.1, 0.15) is 49.4 Å². The average Bonchev–Trinajstić information content (AvgIpc) is 2.45. The van der Waals surface area contributed by atoms with E-state index in [9.17, 15) is 4.79 Å². The number of halogens is 1. The lowest BCUT2D eigenvalue weighted by Crippen LogP contribution is -2.11. The maximum Gasteiger partial charge on any atom is 0.166 e. The highest BCUT2D eigenvalue weighted by Gasteiger charge is 2.15. The zero-order valence-electron chi connectivity index (χ0n) is 12.3. The minimum Gasteiger partial charge on any atom is -0.496 e. The Kier molecular flexibility index (Phi) is 7.63. The van der Waals surface area contributed by atoms with Gasteiger partial charge in [0, 0.05) is 11.4 Å². The van der Waals surface area contributed by atoms with Crippen LogP contribution in [0.25, 0.3) is 0 Å². The van der Waals surface area contributed by atoms with E-state index in [1.54, 1.807) is 25.3 Å². The minimum atomic E-state index is 0.0856. The molecule has 0 saturated carbocycles. The van der Waals surface area contributed by atoms with Gasteiger partial charge in [0.25, 0.3) is 0 Å². The molecule has 3 nitrogen and oxygen atoms in total. The van der Waals surface area contributed by atoms with Gasteiger partial charge in [0.05, 0.1) is 12.7 Å². The van der Waals surface area contributed by atoms with E-state index in [-0.39, 0.29) is 5.78 Å². The zero-order valence-corrected chi connectivity index (χ0v) is 13.1. The molecule has 1 rings (SSSR count). The van der Waals surface area contributed by atoms with Crippen molar-refractivity contribution in [2.24, 2.45) is 11.7 Å². The van der Waals surface area contributed by atoms with E-state index < -0.39 is 0 Å². The lowest BCUT2D eigenvalue weighted by atomic mass is 9.92. The molecule has 0 aliphatic carbocycles. The highest BCUT2D eigenvalue weighted by Crippen LogP contribution is 2.26. The number of benzene rings is 1. The zero-order chi connectivity index (χ0) is 15.0. The van der Waals surface area contributed by atoms with E-state index in [0.717, 1.165) is 25.7 Å². The number of hydrogen-bond acceptors (Lipinski definition) is 3. The molecule has 0 fully saturated rings. The van der Waals surface area contributed by atoms with E-state index in [1.165, 1.54) is 0 Å². The standard InChI is InChI=1S/C16H24ClNO2/c1-3-4-12(9-10-18)5-7-15(19)14-11-13(17)6-8-16(14)20-2/h6,8,11-12H,3-5,7,9-10,18H2,1-2H3. The molecule has 4 heteroatoms. The largest absolute Gasteiger partial charge is 0.496 e. The van der Waals surface area contributed by atoms with E-state index in [4.69, 9.17) is 22.1 Å². The van der Waals surface area contributed by atoms with Gasteiger partial charge in [-0.2, -0.15) is 0 Å². The molecule has 1 aromatic rings. The Morgan fingerprint density at radius 3 is 2.70 bits per heavy atom. The fourth-order valence-electron chi connectivity index (χ4n) is 2.44. The summed E-state index contributed by atoms with van der Waals surface area (Å²) in [6, 6.07) is 5.14. The summed E-state index contributed by atoms with van der Waals surface area (Å²) in [5, 5.41) is 0.557. The Morgan fingerprint density at radius 1 is 1.35 bits per heavy atom. The number of nitrogens with two attached hydrogens (primary N) is 1. The summed E-state index contributed by atoms with van der Waals surface area (Å²) in [7, 11) is 1.56. The second-order valence-electron chi connectivity index (χ2n) is 5.04. The second kappa shape index (κ2) is 8.98. The quantitative estimate of drug-likeness (QED) is 0.699. The molecule has 1 unspecified atom stereocenters. The van der Waals surface area contributed by atoms with Gasteiger partial charge in [0.15, 0.2) is 5.78 Å². The summed E-state index contributed by atoms with van der Waals surface area (Å²) >= 11 is 5.96. The van der Waals surface area contributed by atoms with Crippen molar-refractivity contribution in [3.8, 4) is 5.75 Å². The third-order valence-corrected chi connectivity index (χ3v) is 3.75. The van der Waals surface area contributed by atoms with Gasteiger partial charge >= 0.3 is 0 Å². The average molecular weight is 298 g/mol. The predicted octanol–water partition coefficient (Wildman–Crippen LogP) is 4.08. The van der Waals surface area contributed by atoms with Crippen LogP contribution in [0, 0.1) is 5.92 Å². The molecule has 0 aliphatic rings. The van der Waals surface area contributed by atoms with E-state index in [0.29, 0.717) is 35.2 Å². The third kappa shape index (κ3) is 5.14. The minimum absolute atomic E-state index is 0.0856. The summed E-state index contributed by atoms with van der Waals surface area (Å²) in [5.74, 6) is 1.20. The van der Waals surface area contributed by atoms with Gasteiger partial charge < -0.3 is 10.5 Å². The number of hydrogen-bond donors (Lipinski definition) is 1. The molecule has 0 bridgehead atoms. The number of carbonyl (C=O) groups is 1. The van der Waals surface area contributed by atoms with Crippen molar-refractivity contribution in [1.82, 2.24) is 0 Å². The Bertz CT molecular complexity index is 428. The maximum absolute atomic E-state index is 12.3. The molecule has 20 heavy (non-hydrogen) atoms. The van der Waals surface area contributed by atoms with Crippen LogP contribution >= 0.6 is 11.6 Å². The SMILES string of the molecule is CCCC(CCN)CCC(=O)c1cc(Cl)ccc1OC. The van der Waals surface area contributed by atoms with Crippen molar-refractivity contribution in [2.45, 2.75) is 39.0 Å². The Morgan fingerprint density at radius 2 is 2.10 bits per heavy atom. The Hall–Kier alpha value is -1.06. The van der Waals surface area contributed by atoms with Crippen molar-refractivity contribution in [1.29, 1.82) is 0 Å². The molecule has 0 saturated heterocycles. The highest BCUT2D eigenvalue weighted by atomic mass is 35.5. The molecule has 0 amide bonds. The first-order valence-electron chi connectivity index (χ1n) is 7.19. The molecule has 0 heterocycles. The first-order valence-corrected chi connectivity index (χ1v) is 7.57. The number of methoxy groups -OCH3 is 1.